The molecule has 0 heterocycles. The fraction of sp³-hybridized carbons (Fsp3) is 0.235. The van der Waals surface area contributed by atoms with Crippen LogP contribution < -0.4 is 4.72 Å². The van der Waals surface area contributed by atoms with E-state index in [9.17, 15) is 17.6 Å². The Morgan fingerprint density at radius 3 is 2.29 bits per heavy atom. The van der Waals surface area contributed by atoms with Crippen molar-refractivity contribution in [3.63, 3.8) is 0 Å². The molecule has 0 atom stereocenters. The third kappa shape index (κ3) is 4.39. The molecule has 0 saturated carbocycles. The van der Waals surface area contributed by atoms with Crippen molar-refractivity contribution in [1.29, 1.82) is 0 Å². The van der Waals surface area contributed by atoms with Gasteiger partial charge in [-0.15, -0.1) is 0 Å². The van der Waals surface area contributed by atoms with Crippen LogP contribution in [0.1, 0.15) is 15.9 Å². The Labute approximate surface area is 141 Å². The Kier molecular flexibility index (Phi) is 5.69. The molecule has 0 fully saturated rings. The molecule has 0 aromatic heterocycles. The van der Waals surface area contributed by atoms with Gasteiger partial charge in [0.15, 0.2) is 0 Å². The van der Waals surface area contributed by atoms with Crippen LogP contribution in [0, 0.1) is 5.82 Å². The first kappa shape index (κ1) is 18.1. The topological polar surface area (TPSA) is 66.5 Å². The standard InChI is InChI=1S/C17H19FN2O3S/c1-20(2)17(21)14-7-9-15(10-8-14)24(22,23)19-12-11-13-5-3-4-6-16(13)18/h3-10,19H,11-12H2,1-2H3. The van der Waals surface area contributed by atoms with E-state index in [1.54, 1.807) is 32.3 Å². The van der Waals surface area contributed by atoms with Crippen molar-refractivity contribution in [2.24, 2.45) is 0 Å². The van der Waals surface area contributed by atoms with Gasteiger partial charge >= 0.3 is 0 Å². The average Bonchev–Trinajstić information content (AvgIpc) is 2.56. The summed E-state index contributed by atoms with van der Waals surface area (Å²) in [4.78, 5) is 13.3. The SMILES string of the molecule is CN(C)C(=O)c1ccc(S(=O)(=O)NCCc2ccccc2F)cc1. The molecule has 0 aliphatic carbocycles. The average molecular weight is 350 g/mol. The van der Waals surface area contributed by atoms with Gasteiger partial charge in [0.25, 0.3) is 5.91 Å². The molecule has 0 spiro atoms. The molecule has 0 unspecified atom stereocenters. The molecule has 2 rings (SSSR count). The third-order valence-electron chi connectivity index (χ3n) is 3.46. The van der Waals surface area contributed by atoms with E-state index in [-0.39, 0.29) is 29.6 Å². The summed E-state index contributed by atoms with van der Waals surface area (Å²) < 4.78 is 40.4. The van der Waals surface area contributed by atoms with Crippen molar-refractivity contribution in [2.45, 2.75) is 11.3 Å². The lowest BCUT2D eigenvalue weighted by atomic mass is 10.1. The largest absolute Gasteiger partial charge is 0.345 e. The predicted octanol–water partition coefficient (Wildman–Crippen LogP) is 2.05. The number of nitrogens with zero attached hydrogens (tertiary/aromatic N) is 1. The summed E-state index contributed by atoms with van der Waals surface area (Å²) in [6.45, 7) is 0.0850. The molecule has 0 aliphatic heterocycles. The summed E-state index contributed by atoms with van der Waals surface area (Å²) in [6.07, 6.45) is 0.253. The normalized spacial score (nSPS) is 11.3. The van der Waals surface area contributed by atoms with Crippen LogP contribution in [-0.2, 0) is 16.4 Å². The molecule has 0 bridgehead atoms. The van der Waals surface area contributed by atoms with E-state index < -0.39 is 10.0 Å². The van der Waals surface area contributed by atoms with Crippen molar-refractivity contribution in [3.05, 3.63) is 65.5 Å². The van der Waals surface area contributed by atoms with Gasteiger partial charge in [-0.25, -0.2) is 17.5 Å². The van der Waals surface area contributed by atoms with E-state index in [1.807, 2.05) is 0 Å². The number of hydrogen-bond donors (Lipinski definition) is 1. The first-order valence-corrected chi connectivity index (χ1v) is 8.84. The number of sulfonamides is 1. The summed E-state index contributed by atoms with van der Waals surface area (Å²) in [6, 6.07) is 11.9. The highest BCUT2D eigenvalue weighted by molar-refractivity contribution is 7.89. The molecule has 0 saturated heterocycles. The maximum Gasteiger partial charge on any atom is 0.253 e. The fourth-order valence-electron chi connectivity index (χ4n) is 2.14. The first-order chi connectivity index (χ1) is 11.3. The highest BCUT2D eigenvalue weighted by Crippen LogP contribution is 2.12. The van der Waals surface area contributed by atoms with Crippen LogP contribution in [-0.4, -0.2) is 39.9 Å². The van der Waals surface area contributed by atoms with Gasteiger partial charge in [-0.05, 0) is 42.3 Å². The molecule has 2 aromatic carbocycles. The van der Waals surface area contributed by atoms with Crippen LogP contribution in [0.15, 0.2) is 53.4 Å². The van der Waals surface area contributed by atoms with Crippen LogP contribution in [0.3, 0.4) is 0 Å². The number of rotatable bonds is 6. The molecule has 128 valence electrons. The van der Waals surface area contributed by atoms with Crippen LogP contribution in [0.5, 0.6) is 0 Å². The van der Waals surface area contributed by atoms with E-state index in [0.717, 1.165) is 0 Å². The van der Waals surface area contributed by atoms with Gasteiger partial charge in [-0.3, -0.25) is 4.79 Å². The summed E-state index contributed by atoms with van der Waals surface area (Å²) in [5.74, 6) is -0.560. The van der Waals surface area contributed by atoms with Crippen LogP contribution >= 0.6 is 0 Å². The minimum absolute atomic E-state index is 0.0614. The molecule has 1 amide bonds. The second kappa shape index (κ2) is 7.55. The quantitative estimate of drug-likeness (QED) is 0.867. The molecule has 2 aromatic rings. The highest BCUT2D eigenvalue weighted by Gasteiger charge is 2.15. The second-order valence-corrected chi connectivity index (χ2v) is 7.23. The van der Waals surface area contributed by atoms with E-state index in [1.165, 1.54) is 35.2 Å². The van der Waals surface area contributed by atoms with Gasteiger partial charge in [-0.2, -0.15) is 0 Å². The highest BCUT2D eigenvalue weighted by atomic mass is 32.2. The number of halogens is 1. The molecular weight excluding hydrogens is 331 g/mol. The summed E-state index contributed by atoms with van der Waals surface area (Å²) in [7, 11) is -0.459. The van der Waals surface area contributed by atoms with Crippen LogP contribution in [0.25, 0.3) is 0 Å². The lowest BCUT2D eigenvalue weighted by Gasteiger charge is -2.11. The maximum atomic E-state index is 13.5. The Bertz CT molecular complexity index is 818. The minimum atomic E-state index is -3.70. The van der Waals surface area contributed by atoms with E-state index in [4.69, 9.17) is 0 Å². The molecule has 0 radical (unpaired) electrons. The smallest absolute Gasteiger partial charge is 0.253 e. The van der Waals surface area contributed by atoms with Gasteiger partial charge in [0.05, 0.1) is 4.90 Å². The van der Waals surface area contributed by atoms with E-state index >= 15 is 0 Å². The number of nitrogens with one attached hydrogen (secondary N) is 1. The van der Waals surface area contributed by atoms with Crippen molar-refractivity contribution < 1.29 is 17.6 Å². The molecule has 5 nitrogen and oxygen atoms in total. The van der Waals surface area contributed by atoms with Gasteiger partial charge < -0.3 is 4.90 Å². The zero-order valence-corrected chi connectivity index (χ0v) is 14.3. The van der Waals surface area contributed by atoms with Gasteiger partial charge in [0, 0.05) is 26.2 Å². The number of carbonyl (C=O) groups is 1. The van der Waals surface area contributed by atoms with Gasteiger partial charge in [0.1, 0.15) is 5.82 Å². The van der Waals surface area contributed by atoms with E-state index in [0.29, 0.717) is 11.1 Å². The lowest BCUT2D eigenvalue weighted by molar-refractivity contribution is 0.0827. The number of carbonyl (C=O) groups excluding carboxylic acids is 1. The Hall–Kier alpha value is -2.25. The number of benzene rings is 2. The monoisotopic (exact) mass is 350 g/mol. The summed E-state index contributed by atoms with van der Waals surface area (Å²) >= 11 is 0. The Morgan fingerprint density at radius 2 is 1.71 bits per heavy atom. The third-order valence-corrected chi connectivity index (χ3v) is 4.94. The van der Waals surface area contributed by atoms with Crippen molar-refractivity contribution in [3.8, 4) is 0 Å². The Morgan fingerprint density at radius 1 is 1.08 bits per heavy atom. The van der Waals surface area contributed by atoms with Crippen molar-refractivity contribution in [2.75, 3.05) is 20.6 Å². The summed E-state index contributed by atoms with van der Waals surface area (Å²) in [5.41, 5.74) is 0.859. The number of amides is 1. The van der Waals surface area contributed by atoms with Crippen LogP contribution in [0.4, 0.5) is 4.39 Å². The maximum absolute atomic E-state index is 13.5. The second-order valence-electron chi connectivity index (χ2n) is 5.46. The van der Waals surface area contributed by atoms with E-state index in [2.05, 4.69) is 4.72 Å². The summed E-state index contributed by atoms with van der Waals surface area (Å²) in [5, 5.41) is 0. The van der Waals surface area contributed by atoms with Gasteiger partial charge in [0.2, 0.25) is 10.0 Å². The van der Waals surface area contributed by atoms with Crippen molar-refractivity contribution >= 4 is 15.9 Å². The first-order valence-electron chi connectivity index (χ1n) is 7.36. The molecular formula is C17H19FN2O3S. The zero-order valence-electron chi connectivity index (χ0n) is 13.5. The predicted molar refractivity (Wildman–Crippen MR) is 89.8 cm³/mol. The zero-order chi connectivity index (χ0) is 17.7. The number of hydrogen-bond acceptors (Lipinski definition) is 3. The Balaban J connectivity index is 2.02. The molecule has 24 heavy (non-hydrogen) atoms. The lowest BCUT2D eigenvalue weighted by Crippen LogP contribution is -2.26. The van der Waals surface area contributed by atoms with Crippen molar-refractivity contribution in [1.82, 2.24) is 9.62 Å². The molecule has 1 N–H and O–H groups in total. The molecule has 7 heteroatoms. The molecule has 0 aliphatic rings. The fourth-order valence-corrected chi connectivity index (χ4v) is 3.17. The van der Waals surface area contributed by atoms with Crippen LogP contribution in [0.2, 0.25) is 0 Å². The van der Waals surface area contributed by atoms with Gasteiger partial charge in [-0.1, -0.05) is 18.2 Å². The minimum Gasteiger partial charge on any atom is -0.345 e.